The number of nitrogens with one attached hydrogen (secondary N) is 1. The third-order valence-corrected chi connectivity index (χ3v) is 2.49. The molecule has 0 saturated carbocycles. The zero-order valence-corrected chi connectivity index (χ0v) is 8.64. The van der Waals surface area contributed by atoms with Crippen molar-refractivity contribution >= 4 is 0 Å². The van der Waals surface area contributed by atoms with Crippen LogP contribution in [0.1, 0.15) is 20.3 Å². The fraction of sp³-hybridized carbons (Fsp3) is 1.00. The number of hydrogen-bond donors (Lipinski definition) is 1. The molecule has 0 aromatic rings. The van der Waals surface area contributed by atoms with Crippen LogP contribution in [0.25, 0.3) is 0 Å². The summed E-state index contributed by atoms with van der Waals surface area (Å²) in [6.07, 6.45) is 1.38. The van der Waals surface area contributed by atoms with Gasteiger partial charge in [-0.3, -0.25) is 0 Å². The summed E-state index contributed by atoms with van der Waals surface area (Å²) in [7, 11) is 2.05. The smallest absolute Gasteiger partial charge is 0.00224 e. The largest absolute Gasteiger partial charge is 0.319 e. The summed E-state index contributed by atoms with van der Waals surface area (Å²) in [5.74, 6) is 1.71. The minimum absolute atomic E-state index is 0.818. The lowest BCUT2D eigenvalue weighted by Gasteiger charge is -2.17. The number of nitrogens with zero attached hydrogens (tertiary/aromatic N) is 1. The van der Waals surface area contributed by atoms with Crippen LogP contribution in [0.4, 0.5) is 0 Å². The van der Waals surface area contributed by atoms with E-state index in [1.54, 1.807) is 0 Å². The van der Waals surface area contributed by atoms with Crippen LogP contribution in [0, 0.1) is 11.8 Å². The molecule has 2 nitrogen and oxygen atoms in total. The highest BCUT2D eigenvalue weighted by atomic mass is 15.1. The first-order chi connectivity index (χ1) is 5.72. The van der Waals surface area contributed by atoms with E-state index < -0.39 is 0 Å². The van der Waals surface area contributed by atoms with Gasteiger partial charge in [-0.1, -0.05) is 13.8 Å². The summed E-state index contributed by atoms with van der Waals surface area (Å²) >= 11 is 0. The highest BCUT2D eigenvalue weighted by Gasteiger charge is 2.21. The maximum absolute atomic E-state index is 3.26. The highest BCUT2D eigenvalue weighted by Crippen LogP contribution is 2.16. The van der Waals surface area contributed by atoms with Crippen molar-refractivity contribution in [1.29, 1.82) is 0 Å². The minimum Gasteiger partial charge on any atom is -0.319 e. The van der Waals surface area contributed by atoms with Crippen molar-refractivity contribution in [2.75, 3.05) is 33.2 Å². The minimum atomic E-state index is 0.818. The molecule has 1 atom stereocenters. The van der Waals surface area contributed by atoms with Gasteiger partial charge in [0.1, 0.15) is 0 Å². The van der Waals surface area contributed by atoms with Gasteiger partial charge in [-0.05, 0) is 38.4 Å². The molecule has 0 unspecified atom stereocenters. The summed E-state index contributed by atoms with van der Waals surface area (Å²) < 4.78 is 0. The summed E-state index contributed by atoms with van der Waals surface area (Å²) in [5, 5.41) is 3.26. The van der Waals surface area contributed by atoms with E-state index in [0.29, 0.717) is 0 Å². The lowest BCUT2D eigenvalue weighted by Crippen LogP contribution is -2.27. The van der Waals surface area contributed by atoms with Gasteiger partial charge >= 0.3 is 0 Å². The van der Waals surface area contributed by atoms with Gasteiger partial charge < -0.3 is 10.2 Å². The molecule has 0 aliphatic carbocycles. The summed E-state index contributed by atoms with van der Waals surface area (Å²) in [6.45, 7) is 9.68. The maximum Gasteiger partial charge on any atom is 0.00224 e. The van der Waals surface area contributed by atoms with E-state index in [4.69, 9.17) is 0 Å². The van der Waals surface area contributed by atoms with Gasteiger partial charge in [-0.25, -0.2) is 0 Å². The van der Waals surface area contributed by atoms with Crippen LogP contribution in [0.5, 0.6) is 0 Å². The van der Waals surface area contributed by atoms with Crippen LogP contribution in [-0.4, -0.2) is 38.1 Å². The molecule has 1 saturated heterocycles. The lowest BCUT2D eigenvalue weighted by atomic mass is 10.1. The first kappa shape index (κ1) is 10.0. The summed E-state index contributed by atoms with van der Waals surface area (Å²) in [5.41, 5.74) is 0. The van der Waals surface area contributed by atoms with E-state index in [0.717, 1.165) is 11.8 Å². The quantitative estimate of drug-likeness (QED) is 0.681. The second-order valence-electron chi connectivity index (χ2n) is 4.37. The molecule has 1 aliphatic rings. The SMILES string of the molecule is CNC[C@@H]1CCN(CC(C)C)C1. The van der Waals surface area contributed by atoms with Gasteiger partial charge in [0, 0.05) is 13.1 Å². The van der Waals surface area contributed by atoms with Crippen LogP contribution >= 0.6 is 0 Å². The van der Waals surface area contributed by atoms with Crippen molar-refractivity contribution in [3.8, 4) is 0 Å². The van der Waals surface area contributed by atoms with E-state index in [-0.39, 0.29) is 0 Å². The normalized spacial score (nSPS) is 25.5. The Kier molecular flexibility index (Phi) is 4.02. The molecule has 72 valence electrons. The van der Waals surface area contributed by atoms with Crippen LogP contribution in [0.3, 0.4) is 0 Å². The van der Waals surface area contributed by atoms with Crippen molar-refractivity contribution in [1.82, 2.24) is 10.2 Å². The Labute approximate surface area is 76.3 Å². The number of likely N-dealkylation sites (tertiary alicyclic amines) is 1. The molecule has 1 fully saturated rings. The Bertz CT molecular complexity index is 123. The van der Waals surface area contributed by atoms with Gasteiger partial charge in [0.2, 0.25) is 0 Å². The zero-order chi connectivity index (χ0) is 8.97. The van der Waals surface area contributed by atoms with Crippen LogP contribution in [0.2, 0.25) is 0 Å². The fourth-order valence-corrected chi connectivity index (χ4v) is 2.05. The van der Waals surface area contributed by atoms with Crippen molar-refractivity contribution in [3.05, 3.63) is 0 Å². The van der Waals surface area contributed by atoms with Crippen molar-refractivity contribution < 1.29 is 0 Å². The van der Waals surface area contributed by atoms with E-state index >= 15 is 0 Å². The molecule has 0 aromatic carbocycles. The third kappa shape index (κ3) is 3.11. The third-order valence-electron chi connectivity index (χ3n) is 2.49. The van der Waals surface area contributed by atoms with E-state index in [1.165, 1.54) is 32.6 Å². The van der Waals surface area contributed by atoms with Gasteiger partial charge in [-0.2, -0.15) is 0 Å². The molecular weight excluding hydrogens is 148 g/mol. The van der Waals surface area contributed by atoms with Gasteiger partial charge in [-0.15, -0.1) is 0 Å². The predicted molar refractivity (Wildman–Crippen MR) is 53.3 cm³/mol. The summed E-state index contributed by atoms with van der Waals surface area (Å²) in [4.78, 5) is 2.59. The maximum atomic E-state index is 3.26. The van der Waals surface area contributed by atoms with Gasteiger partial charge in [0.15, 0.2) is 0 Å². The average Bonchev–Trinajstić information content (AvgIpc) is 2.36. The molecule has 2 heteroatoms. The Morgan fingerprint density at radius 1 is 1.50 bits per heavy atom. The van der Waals surface area contributed by atoms with Crippen molar-refractivity contribution in [3.63, 3.8) is 0 Å². The lowest BCUT2D eigenvalue weighted by molar-refractivity contribution is 0.286. The standard InChI is InChI=1S/C10H22N2/c1-9(2)7-12-5-4-10(8-12)6-11-3/h9-11H,4-8H2,1-3H3/t10-/m0/s1. The second kappa shape index (κ2) is 4.83. The van der Waals surface area contributed by atoms with Crippen molar-refractivity contribution in [2.24, 2.45) is 11.8 Å². The molecule has 12 heavy (non-hydrogen) atoms. The number of rotatable bonds is 4. The first-order valence-corrected chi connectivity index (χ1v) is 5.09. The molecule has 1 heterocycles. The Hall–Kier alpha value is -0.0800. The summed E-state index contributed by atoms with van der Waals surface area (Å²) in [6, 6.07) is 0. The Morgan fingerprint density at radius 2 is 2.25 bits per heavy atom. The second-order valence-corrected chi connectivity index (χ2v) is 4.37. The molecule has 0 spiro atoms. The van der Waals surface area contributed by atoms with E-state index in [1.807, 2.05) is 7.05 Å². The highest BCUT2D eigenvalue weighted by molar-refractivity contribution is 4.76. The van der Waals surface area contributed by atoms with E-state index in [9.17, 15) is 0 Å². The topological polar surface area (TPSA) is 15.3 Å². The molecule has 0 bridgehead atoms. The molecule has 0 aromatic heterocycles. The monoisotopic (exact) mass is 170 g/mol. The Morgan fingerprint density at radius 3 is 2.83 bits per heavy atom. The van der Waals surface area contributed by atoms with Crippen LogP contribution < -0.4 is 5.32 Å². The molecule has 1 rings (SSSR count). The molecule has 0 amide bonds. The van der Waals surface area contributed by atoms with Crippen molar-refractivity contribution in [2.45, 2.75) is 20.3 Å². The van der Waals surface area contributed by atoms with Gasteiger partial charge in [0.25, 0.3) is 0 Å². The Balaban J connectivity index is 2.16. The average molecular weight is 170 g/mol. The predicted octanol–water partition coefficient (Wildman–Crippen LogP) is 1.18. The molecule has 1 N–H and O–H groups in total. The first-order valence-electron chi connectivity index (χ1n) is 5.09. The fourth-order valence-electron chi connectivity index (χ4n) is 2.05. The zero-order valence-electron chi connectivity index (χ0n) is 8.64. The van der Waals surface area contributed by atoms with Crippen LogP contribution in [-0.2, 0) is 0 Å². The molecule has 1 aliphatic heterocycles. The van der Waals surface area contributed by atoms with E-state index in [2.05, 4.69) is 24.1 Å². The number of hydrogen-bond acceptors (Lipinski definition) is 2. The van der Waals surface area contributed by atoms with Gasteiger partial charge in [0.05, 0.1) is 0 Å². The van der Waals surface area contributed by atoms with Crippen LogP contribution in [0.15, 0.2) is 0 Å². The molecular formula is C10H22N2. The molecule has 0 radical (unpaired) electrons.